The third-order valence-corrected chi connectivity index (χ3v) is 5.30. The molecule has 0 radical (unpaired) electrons. The van der Waals surface area contributed by atoms with Crippen molar-refractivity contribution in [1.29, 1.82) is 0 Å². The Labute approximate surface area is 138 Å². The van der Waals surface area contributed by atoms with Crippen molar-refractivity contribution in [2.45, 2.75) is 25.7 Å². The van der Waals surface area contributed by atoms with E-state index in [0.717, 1.165) is 43.0 Å². The zero-order valence-corrected chi connectivity index (χ0v) is 13.8. The first-order valence-electron chi connectivity index (χ1n) is 7.86. The molecule has 0 bridgehead atoms. The SMILES string of the molecule is CC(=O)N1CCC[C@H](c2nc3ccc(-c4cccs4)cn3n2)C1. The van der Waals surface area contributed by atoms with Crippen LogP contribution < -0.4 is 0 Å². The summed E-state index contributed by atoms with van der Waals surface area (Å²) in [5, 5.41) is 6.75. The Morgan fingerprint density at radius 3 is 3.04 bits per heavy atom. The summed E-state index contributed by atoms with van der Waals surface area (Å²) in [5.74, 6) is 1.22. The zero-order valence-electron chi connectivity index (χ0n) is 13.0. The smallest absolute Gasteiger partial charge is 0.219 e. The van der Waals surface area contributed by atoms with Gasteiger partial charge in [-0.3, -0.25) is 4.79 Å². The molecule has 1 aliphatic rings. The normalized spacial score (nSPS) is 18.5. The molecule has 4 rings (SSSR count). The van der Waals surface area contributed by atoms with Crippen molar-refractivity contribution < 1.29 is 4.79 Å². The van der Waals surface area contributed by atoms with E-state index in [0.29, 0.717) is 0 Å². The average molecular weight is 326 g/mol. The van der Waals surface area contributed by atoms with Crippen LogP contribution >= 0.6 is 11.3 Å². The van der Waals surface area contributed by atoms with Gasteiger partial charge in [0.2, 0.25) is 5.91 Å². The molecule has 0 aromatic carbocycles. The third kappa shape index (κ3) is 2.74. The first kappa shape index (κ1) is 14.4. The highest BCUT2D eigenvalue weighted by Gasteiger charge is 2.25. The molecular weight excluding hydrogens is 308 g/mol. The summed E-state index contributed by atoms with van der Waals surface area (Å²) < 4.78 is 1.86. The molecule has 118 valence electrons. The number of carbonyl (C=O) groups is 1. The van der Waals surface area contributed by atoms with Gasteiger partial charge in [-0.2, -0.15) is 5.10 Å². The molecule has 1 aliphatic heterocycles. The van der Waals surface area contributed by atoms with Gasteiger partial charge in [0, 0.05) is 42.6 Å². The van der Waals surface area contributed by atoms with E-state index in [4.69, 9.17) is 0 Å². The maximum absolute atomic E-state index is 11.6. The minimum atomic E-state index is 0.137. The van der Waals surface area contributed by atoms with Crippen LogP contribution in [0.4, 0.5) is 0 Å². The van der Waals surface area contributed by atoms with Crippen LogP contribution in [-0.2, 0) is 4.79 Å². The quantitative estimate of drug-likeness (QED) is 0.727. The first-order valence-corrected chi connectivity index (χ1v) is 8.74. The highest BCUT2D eigenvalue weighted by molar-refractivity contribution is 7.13. The molecule has 23 heavy (non-hydrogen) atoms. The second-order valence-corrected chi connectivity index (χ2v) is 6.92. The minimum absolute atomic E-state index is 0.137. The molecule has 3 aromatic heterocycles. The number of nitrogens with zero attached hydrogens (tertiary/aromatic N) is 4. The van der Waals surface area contributed by atoms with Gasteiger partial charge in [-0.25, -0.2) is 9.50 Å². The number of piperidine rings is 1. The summed E-state index contributed by atoms with van der Waals surface area (Å²) in [5.41, 5.74) is 2.01. The summed E-state index contributed by atoms with van der Waals surface area (Å²) >= 11 is 1.72. The maximum atomic E-state index is 11.6. The third-order valence-electron chi connectivity index (χ3n) is 4.38. The van der Waals surface area contributed by atoms with Crippen LogP contribution in [0.2, 0.25) is 0 Å². The topological polar surface area (TPSA) is 50.5 Å². The number of amides is 1. The summed E-state index contributed by atoms with van der Waals surface area (Å²) in [6.45, 7) is 3.21. The van der Waals surface area contributed by atoms with Crippen molar-refractivity contribution in [3.63, 3.8) is 0 Å². The van der Waals surface area contributed by atoms with Crippen molar-refractivity contribution in [2.24, 2.45) is 0 Å². The standard InChI is InChI=1S/C17H18N4OS/c1-12(22)20-8-2-4-14(10-20)17-18-16-7-6-13(11-21(16)19-17)15-5-3-9-23-15/h3,5-7,9,11,14H,2,4,8,10H2,1H3/t14-/m0/s1. The lowest BCUT2D eigenvalue weighted by atomic mass is 9.97. The Morgan fingerprint density at radius 1 is 1.35 bits per heavy atom. The van der Waals surface area contributed by atoms with Gasteiger partial charge in [0.25, 0.3) is 0 Å². The monoisotopic (exact) mass is 326 g/mol. The van der Waals surface area contributed by atoms with Gasteiger partial charge in [-0.05, 0) is 36.4 Å². The molecule has 0 unspecified atom stereocenters. The predicted molar refractivity (Wildman–Crippen MR) is 90.5 cm³/mol. The molecule has 5 nitrogen and oxygen atoms in total. The fourth-order valence-corrected chi connectivity index (χ4v) is 3.85. The van der Waals surface area contributed by atoms with Crippen molar-refractivity contribution in [1.82, 2.24) is 19.5 Å². The summed E-state index contributed by atoms with van der Waals surface area (Å²) in [4.78, 5) is 19.4. The van der Waals surface area contributed by atoms with Gasteiger partial charge >= 0.3 is 0 Å². The molecule has 1 fully saturated rings. The number of pyridine rings is 1. The molecule has 1 amide bonds. The van der Waals surface area contributed by atoms with Crippen molar-refractivity contribution in [3.05, 3.63) is 41.7 Å². The van der Waals surface area contributed by atoms with Crippen molar-refractivity contribution >= 4 is 22.9 Å². The number of rotatable bonds is 2. The lowest BCUT2D eigenvalue weighted by Crippen LogP contribution is -2.37. The van der Waals surface area contributed by atoms with Crippen molar-refractivity contribution in [3.8, 4) is 10.4 Å². The summed E-state index contributed by atoms with van der Waals surface area (Å²) in [7, 11) is 0. The molecule has 0 N–H and O–H groups in total. The summed E-state index contributed by atoms with van der Waals surface area (Å²) in [6, 6.07) is 8.25. The van der Waals surface area contributed by atoms with Crippen molar-refractivity contribution in [2.75, 3.05) is 13.1 Å². The van der Waals surface area contributed by atoms with E-state index in [1.165, 1.54) is 4.88 Å². The van der Waals surface area contributed by atoms with Gasteiger partial charge in [-0.1, -0.05) is 6.07 Å². The molecule has 1 atom stereocenters. The number of fused-ring (bicyclic) bond motifs is 1. The molecule has 0 aliphatic carbocycles. The maximum Gasteiger partial charge on any atom is 0.219 e. The van der Waals surface area contributed by atoms with Crippen LogP contribution in [0.3, 0.4) is 0 Å². The first-order chi connectivity index (χ1) is 11.2. The molecular formula is C17H18N4OS. The van der Waals surface area contributed by atoms with Crippen LogP contribution in [0.25, 0.3) is 16.1 Å². The molecule has 3 aromatic rings. The Hall–Kier alpha value is -2.21. The van der Waals surface area contributed by atoms with Gasteiger partial charge in [-0.15, -0.1) is 11.3 Å². The number of aromatic nitrogens is 3. The number of hydrogen-bond acceptors (Lipinski definition) is 4. The Morgan fingerprint density at radius 2 is 2.26 bits per heavy atom. The van der Waals surface area contributed by atoms with Gasteiger partial charge < -0.3 is 4.90 Å². The largest absolute Gasteiger partial charge is 0.342 e. The zero-order chi connectivity index (χ0) is 15.8. The molecule has 0 saturated carbocycles. The second kappa shape index (κ2) is 5.77. The number of carbonyl (C=O) groups excluding carboxylic acids is 1. The van der Waals surface area contributed by atoms with E-state index < -0.39 is 0 Å². The number of hydrogen-bond donors (Lipinski definition) is 0. The number of thiophene rings is 1. The molecule has 0 spiro atoms. The Balaban J connectivity index is 1.65. The fraction of sp³-hybridized carbons (Fsp3) is 0.353. The second-order valence-electron chi connectivity index (χ2n) is 5.97. The minimum Gasteiger partial charge on any atom is -0.342 e. The van der Waals surface area contributed by atoms with E-state index in [1.54, 1.807) is 18.3 Å². The van der Waals surface area contributed by atoms with Gasteiger partial charge in [0.1, 0.15) is 0 Å². The van der Waals surface area contributed by atoms with E-state index in [2.05, 4.69) is 33.7 Å². The van der Waals surface area contributed by atoms with Crippen LogP contribution in [0.5, 0.6) is 0 Å². The number of likely N-dealkylation sites (tertiary alicyclic amines) is 1. The highest BCUT2D eigenvalue weighted by atomic mass is 32.1. The lowest BCUT2D eigenvalue weighted by Gasteiger charge is -2.30. The highest BCUT2D eigenvalue weighted by Crippen LogP contribution is 2.27. The van der Waals surface area contributed by atoms with E-state index in [9.17, 15) is 4.79 Å². The van der Waals surface area contributed by atoms with E-state index in [1.807, 2.05) is 21.7 Å². The summed E-state index contributed by atoms with van der Waals surface area (Å²) in [6.07, 6.45) is 4.09. The fourth-order valence-electron chi connectivity index (χ4n) is 3.14. The average Bonchev–Trinajstić information content (AvgIpc) is 3.23. The Bertz CT molecular complexity index is 840. The molecule has 4 heterocycles. The predicted octanol–water partition coefficient (Wildman–Crippen LogP) is 3.18. The van der Waals surface area contributed by atoms with Crippen LogP contribution in [0.1, 0.15) is 31.5 Å². The van der Waals surface area contributed by atoms with Gasteiger partial charge in [0.05, 0.1) is 0 Å². The molecule has 1 saturated heterocycles. The van der Waals surface area contributed by atoms with Crippen LogP contribution in [0, 0.1) is 0 Å². The Kier molecular flexibility index (Phi) is 3.61. The lowest BCUT2D eigenvalue weighted by molar-refractivity contribution is -0.130. The van der Waals surface area contributed by atoms with E-state index >= 15 is 0 Å². The molecule has 6 heteroatoms. The van der Waals surface area contributed by atoms with E-state index in [-0.39, 0.29) is 11.8 Å². The van der Waals surface area contributed by atoms with Gasteiger partial charge in [0.15, 0.2) is 11.5 Å². The van der Waals surface area contributed by atoms with Crippen LogP contribution in [0.15, 0.2) is 35.8 Å². The van der Waals surface area contributed by atoms with Crippen LogP contribution in [-0.4, -0.2) is 38.5 Å².